The Morgan fingerprint density at radius 2 is 1.52 bits per heavy atom. The maximum atomic E-state index is 12.5. The van der Waals surface area contributed by atoms with Crippen LogP contribution in [0.15, 0.2) is 54.6 Å². The fourth-order valence-corrected chi connectivity index (χ4v) is 2.14. The van der Waals surface area contributed by atoms with Crippen molar-refractivity contribution in [2.75, 3.05) is 0 Å². The Hall–Kier alpha value is -1.81. The number of halogens is 3. The summed E-state index contributed by atoms with van der Waals surface area (Å²) < 4.78 is 37.4. The quantitative estimate of drug-likeness (QED) is 0.860. The van der Waals surface area contributed by atoms with Crippen molar-refractivity contribution >= 4 is 0 Å². The van der Waals surface area contributed by atoms with Crippen LogP contribution < -0.4 is 5.32 Å². The molecule has 0 aromatic heterocycles. The first-order valence-corrected chi connectivity index (χ1v) is 6.88. The molecule has 2 rings (SSSR count). The molecular weight excluding hydrogens is 275 g/mol. The lowest BCUT2D eigenvalue weighted by molar-refractivity contribution is -0.137. The van der Waals surface area contributed by atoms with Gasteiger partial charge in [0.05, 0.1) is 5.56 Å². The molecule has 21 heavy (non-hydrogen) atoms. The van der Waals surface area contributed by atoms with Gasteiger partial charge in [0.2, 0.25) is 0 Å². The second-order valence-corrected chi connectivity index (χ2v) is 5.17. The lowest BCUT2D eigenvalue weighted by atomic mass is 10.1. The molecule has 0 aliphatic heterocycles. The molecule has 1 N–H and O–H groups in total. The van der Waals surface area contributed by atoms with Crippen LogP contribution in [0.4, 0.5) is 13.2 Å². The van der Waals surface area contributed by atoms with E-state index in [1.165, 1.54) is 17.7 Å². The Bertz CT molecular complexity index is 546. The molecule has 0 bridgehead atoms. The molecule has 0 amide bonds. The van der Waals surface area contributed by atoms with Crippen LogP contribution in [-0.2, 0) is 19.1 Å². The van der Waals surface area contributed by atoms with E-state index in [9.17, 15) is 13.2 Å². The van der Waals surface area contributed by atoms with Crippen molar-refractivity contribution in [3.05, 3.63) is 71.3 Å². The molecule has 2 aromatic carbocycles. The summed E-state index contributed by atoms with van der Waals surface area (Å²) in [4.78, 5) is 0. The van der Waals surface area contributed by atoms with Crippen molar-refractivity contribution in [2.45, 2.75) is 32.1 Å². The van der Waals surface area contributed by atoms with E-state index >= 15 is 0 Å². The maximum Gasteiger partial charge on any atom is 0.416 e. The van der Waals surface area contributed by atoms with E-state index in [0.29, 0.717) is 6.54 Å². The Morgan fingerprint density at radius 1 is 0.905 bits per heavy atom. The molecule has 0 aliphatic carbocycles. The summed E-state index contributed by atoms with van der Waals surface area (Å²) in [5.41, 5.74) is 1.48. The highest BCUT2D eigenvalue weighted by Gasteiger charge is 2.29. The van der Waals surface area contributed by atoms with Crippen LogP contribution in [0.3, 0.4) is 0 Å². The predicted molar refractivity (Wildman–Crippen MR) is 77.9 cm³/mol. The number of rotatable bonds is 5. The first kappa shape index (κ1) is 15.6. The van der Waals surface area contributed by atoms with Crippen LogP contribution in [0.1, 0.15) is 23.6 Å². The minimum atomic E-state index is -4.27. The molecule has 0 fully saturated rings. The van der Waals surface area contributed by atoms with E-state index < -0.39 is 11.7 Å². The smallest absolute Gasteiger partial charge is 0.310 e. The minimum Gasteiger partial charge on any atom is -0.310 e. The summed E-state index contributed by atoms with van der Waals surface area (Å²) in [7, 11) is 0. The zero-order valence-corrected chi connectivity index (χ0v) is 11.8. The summed E-state index contributed by atoms with van der Waals surface area (Å²) in [6.07, 6.45) is -3.38. The van der Waals surface area contributed by atoms with Gasteiger partial charge < -0.3 is 5.32 Å². The molecule has 1 nitrogen and oxygen atoms in total. The van der Waals surface area contributed by atoms with Gasteiger partial charge in [-0.25, -0.2) is 0 Å². The molecule has 0 saturated heterocycles. The summed E-state index contributed by atoms with van der Waals surface area (Å²) >= 11 is 0. The summed E-state index contributed by atoms with van der Waals surface area (Å²) in [5, 5.41) is 3.32. The number of alkyl halides is 3. The van der Waals surface area contributed by atoms with Gasteiger partial charge in [-0.3, -0.25) is 0 Å². The van der Waals surface area contributed by atoms with Gasteiger partial charge in [-0.1, -0.05) is 42.5 Å². The Morgan fingerprint density at radius 3 is 2.10 bits per heavy atom. The van der Waals surface area contributed by atoms with Crippen molar-refractivity contribution in [1.82, 2.24) is 5.32 Å². The predicted octanol–water partition coefficient (Wildman–Crippen LogP) is 4.43. The van der Waals surface area contributed by atoms with Crippen LogP contribution in [0.25, 0.3) is 0 Å². The monoisotopic (exact) mass is 293 g/mol. The van der Waals surface area contributed by atoms with Gasteiger partial charge in [-0.05, 0) is 36.6 Å². The first-order valence-electron chi connectivity index (χ1n) is 6.88. The van der Waals surface area contributed by atoms with Crippen LogP contribution in [0.5, 0.6) is 0 Å². The molecule has 1 unspecified atom stereocenters. The highest BCUT2D eigenvalue weighted by Crippen LogP contribution is 2.29. The lowest BCUT2D eigenvalue weighted by Gasteiger charge is -2.14. The van der Waals surface area contributed by atoms with Gasteiger partial charge in [0, 0.05) is 12.6 Å². The summed E-state index contributed by atoms with van der Waals surface area (Å²) in [6, 6.07) is 15.6. The normalized spacial score (nSPS) is 13.1. The third-order valence-electron chi connectivity index (χ3n) is 3.32. The Balaban J connectivity index is 1.85. The topological polar surface area (TPSA) is 12.0 Å². The molecular formula is C17H18F3N. The standard InChI is InChI=1S/C17H18F3N/c1-13(11-14-5-3-2-4-6-14)21-12-15-7-9-16(10-8-15)17(18,19)20/h2-10,13,21H,11-12H2,1H3. The summed E-state index contributed by atoms with van der Waals surface area (Å²) in [6.45, 7) is 2.63. The number of hydrogen-bond acceptors (Lipinski definition) is 1. The Labute approximate surface area is 122 Å². The van der Waals surface area contributed by atoms with Gasteiger partial charge in [-0.15, -0.1) is 0 Å². The van der Waals surface area contributed by atoms with Crippen LogP contribution in [0, 0.1) is 0 Å². The van der Waals surface area contributed by atoms with Gasteiger partial charge in [0.25, 0.3) is 0 Å². The van der Waals surface area contributed by atoms with Crippen molar-refractivity contribution in [2.24, 2.45) is 0 Å². The molecule has 0 radical (unpaired) electrons. The summed E-state index contributed by atoms with van der Waals surface area (Å²) in [5.74, 6) is 0. The molecule has 1 atom stereocenters. The van der Waals surface area contributed by atoms with Gasteiger partial charge in [-0.2, -0.15) is 13.2 Å². The van der Waals surface area contributed by atoms with Crippen molar-refractivity contribution in [3.63, 3.8) is 0 Å². The zero-order chi connectivity index (χ0) is 15.3. The minimum absolute atomic E-state index is 0.259. The second kappa shape index (κ2) is 6.76. The highest BCUT2D eigenvalue weighted by molar-refractivity contribution is 5.24. The zero-order valence-electron chi connectivity index (χ0n) is 11.8. The molecule has 112 valence electrons. The Kier molecular flexibility index (Phi) is 5.02. The van der Waals surface area contributed by atoms with E-state index in [1.807, 2.05) is 18.2 Å². The molecule has 0 saturated carbocycles. The van der Waals surface area contributed by atoms with Gasteiger partial charge in [0.1, 0.15) is 0 Å². The second-order valence-electron chi connectivity index (χ2n) is 5.17. The number of nitrogens with one attached hydrogen (secondary N) is 1. The molecule has 0 heterocycles. The average molecular weight is 293 g/mol. The third-order valence-corrected chi connectivity index (χ3v) is 3.32. The lowest BCUT2D eigenvalue weighted by Crippen LogP contribution is -2.27. The van der Waals surface area contributed by atoms with Crippen LogP contribution in [0.2, 0.25) is 0 Å². The largest absolute Gasteiger partial charge is 0.416 e. The SMILES string of the molecule is CC(Cc1ccccc1)NCc1ccc(C(F)(F)F)cc1. The van der Waals surface area contributed by atoms with Crippen LogP contribution >= 0.6 is 0 Å². The van der Waals surface area contributed by atoms with E-state index in [1.54, 1.807) is 0 Å². The average Bonchev–Trinajstić information content (AvgIpc) is 2.46. The molecule has 2 aromatic rings. The third kappa shape index (κ3) is 4.90. The van der Waals surface area contributed by atoms with E-state index in [-0.39, 0.29) is 6.04 Å². The molecule has 4 heteroatoms. The fourth-order valence-electron chi connectivity index (χ4n) is 2.14. The number of benzene rings is 2. The highest BCUT2D eigenvalue weighted by atomic mass is 19.4. The van der Waals surface area contributed by atoms with Crippen molar-refractivity contribution in [3.8, 4) is 0 Å². The first-order chi connectivity index (χ1) is 9.95. The van der Waals surface area contributed by atoms with E-state index in [4.69, 9.17) is 0 Å². The van der Waals surface area contributed by atoms with Gasteiger partial charge >= 0.3 is 6.18 Å². The maximum absolute atomic E-state index is 12.5. The van der Waals surface area contributed by atoms with E-state index in [0.717, 1.165) is 24.1 Å². The van der Waals surface area contributed by atoms with Gasteiger partial charge in [0.15, 0.2) is 0 Å². The van der Waals surface area contributed by atoms with Crippen molar-refractivity contribution < 1.29 is 13.2 Å². The number of hydrogen-bond donors (Lipinski definition) is 1. The fraction of sp³-hybridized carbons (Fsp3) is 0.294. The van der Waals surface area contributed by atoms with E-state index in [2.05, 4.69) is 24.4 Å². The van der Waals surface area contributed by atoms with Crippen molar-refractivity contribution in [1.29, 1.82) is 0 Å². The molecule has 0 spiro atoms. The molecule has 0 aliphatic rings. The van der Waals surface area contributed by atoms with Crippen LogP contribution in [-0.4, -0.2) is 6.04 Å².